The molecule has 1 N–H and O–H groups in total. The molecule has 3 aromatic rings. The fourth-order valence-electron chi connectivity index (χ4n) is 3.23. The molecule has 4 rings (SSSR count). The summed E-state index contributed by atoms with van der Waals surface area (Å²) in [6.07, 6.45) is 2.10. The van der Waals surface area contributed by atoms with Crippen LogP contribution in [-0.4, -0.2) is 49.2 Å². The lowest BCUT2D eigenvalue weighted by molar-refractivity contribution is 0.210. The van der Waals surface area contributed by atoms with Crippen molar-refractivity contribution in [3.63, 3.8) is 0 Å². The summed E-state index contributed by atoms with van der Waals surface area (Å²) in [5.41, 5.74) is 2.89. The predicted molar refractivity (Wildman–Crippen MR) is 97.4 cm³/mol. The van der Waals surface area contributed by atoms with E-state index in [0.29, 0.717) is 23.6 Å². The number of rotatable bonds is 5. The summed E-state index contributed by atoms with van der Waals surface area (Å²) in [6.45, 7) is 5.03. The molecule has 136 valence electrons. The number of aromatic nitrogens is 5. The molecule has 0 saturated carbocycles. The molecule has 1 aliphatic rings. The summed E-state index contributed by atoms with van der Waals surface area (Å²) < 4.78 is 7.42. The van der Waals surface area contributed by atoms with E-state index in [2.05, 4.69) is 61.1 Å². The molecule has 0 atom stereocenters. The summed E-state index contributed by atoms with van der Waals surface area (Å²) >= 11 is 0. The number of aryl methyl sites for hydroxylation is 1. The van der Waals surface area contributed by atoms with Gasteiger partial charge in [-0.3, -0.25) is 9.58 Å². The molecule has 1 aromatic carbocycles. The predicted octanol–water partition coefficient (Wildman–Crippen LogP) is 2.25. The highest BCUT2D eigenvalue weighted by Crippen LogP contribution is 2.22. The minimum atomic E-state index is 0.346. The highest BCUT2D eigenvalue weighted by Gasteiger charge is 2.22. The maximum Gasteiger partial charge on any atom is 0.316 e. The fraction of sp³-hybridized carbons (Fsp3) is 0.444. The molecule has 0 spiro atoms. The molecule has 26 heavy (non-hydrogen) atoms. The van der Waals surface area contributed by atoms with Crippen LogP contribution in [0.1, 0.15) is 24.1 Å². The number of hydrogen-bond acceptors (Lipinski definition) is 7. The smallest absolute Gasteiger partial charge is 0.316 e. The van der Waals surface area contributed by atoms with E-state index in [1.807, 2.05) is 14.0 Å². The highest BCUT2D eigenvalue weighted by atomic mass is 16.4. The summed E-state index contributed by atoms with van der Waals surface area (Å²) in [4.78, 5) is 2.48. The third kappa shape index (κ3) is 3.60. The van der Waals surface area contributed by atoms with Gasteiger partial charge in [0, 0.05) is 32.7 Å². The SMILES string of the molecule is Cc1c(-c2nnc(NC3CCN(Cc4ccccc4)CC3)o2)nnn1C. The van der Waals surface area contributed by atoms with Crippen LogP contribution in [0.2, 0.25) is 0 Å². The Labute approximate surface area is 152 Å². The maximum absolute atomic E-state index is 5.73. The van der Waals surface area contributed by atoms with Gasteiger partial charge in [0.1, 0.15) is 0 Å². The van der Waals surface area contributed by atoms with E-state index in [9.17, 15) is 0 Å². The molecule has 1 fully saturated rings. The van der Waals surface area contributed by atoms with Gasteiger partial charge in [-0.1, -0.05) is 40.6 Å². The average Bonchev–Trinajstić information content (AvgIpc) is 3.25. The molecule has 1 saturated heterocycles. The molecule has 0 bridgehead atoms. The Balaban J connectivity index is 1.31. The molecular formula is C18H23N7O. The second kappa shape index (κ2) is 7.25. The highest BCUT2D eigenvalue weighted by molar-refractivity contribution is 5.50. The van der Waals surface area contributed by atoms with Crippen molar-refractivity contribution in [3.8, 4) is 11.6 Å². The Morgan fingerprint density at radius 3 is 2.58 bits per heavy atom. The molecule has 8 nitrogen and oxygen atoms in total. The quantitative estimate of drug-likeness (QED) is 0.753. The van der Waals surface area contributed by atoms with Gasteiger partial charge in [0.2, 0.25) is 0 Å². The van der Waals surface area contributed by atoms with Gasteiger partial charge in [-0.15, -0.1) is 10.2 Å². The van der Waals surface area contributed by atoms with E-state index < -0.39 is 0 Å². The van der Waals surface area contributed by atoms with Crippen LogP contribution >= 0.6 is 0 Å². The molecule has 3 heterocycles. The zero-order valence-electron chi connectivity index (χ0n) is 15.1. The lowest BCUT2D eigenvalue weighted by Gasteiger charge is -2.31. The molecular weight excluding hydrogens is 330 g/mol. The van der Waals surface area contributed by atoms with Crippen molar-refractivity contribution in [1.82, 2.24) is 30.1 Å². The molecule has 1 aliphatic heterocycles. The van der Waals surface area contributed by atoms with Crippen LogP contribution in [0.3, 0.4) is 0 Å². The largest absolute Gasteiger partial charge is 0.402 e. The number of likely N-dealkylation sites (tertiary alicyclic amines) is 1. The average molecular weight is 353 g/mol. The van der Waals surface area contributed by atoms with E-state index in [1.54, 1.807) is 4.68 Å². The van der Waals surface area contributed by atoms with Crippen LogP contribution < -0.4 is 5.32 Å². The zero-order valence-corrected chi connectivity index (χ0v) is 15.1. The Morgan fingerprint density at radius 2 is 1.88 bits per heavy atom. The Bertz CT molecular complexity index is 850. The van der Waals surface area contributed by atoms with Gasteiger partial charge in [-0.2, -0.15) is 0 Å². The first kappa shape index (κ1) is 16.7. The number of anilines is 1. The van der Waals surface area contributed by atoms with Crippen molar-refractivity contribution in [2.75, 3.05) is 18.4 Å². The van der Waals surface area contributed by atoms with E-state index >= 15 is 0 Å². The van der Waals surface area contributed by atoms with Gasteiger partial charge in [0.15, 0.2) is 5.69 Å². The van der Waals surface area contributed by atoms with Gasteiger partial charge in [-0.05, 0) is 25.3 Å². The van der Waals surface area contributed by atoms with Crippen LogP contribution in [0, 0.1) is 6.92 Å². The van der Waals surface area contributed by atoms with Gasteiger partial charge in [0.25, 0.3) is 5.89 Å². The Hall–Kier alpha value is -2.74. The number of nitrogens with zero attached hydrogens (tertiary/aromatic N) is 6. The number of benzene rings is 1. The minimum absolute atomic E-state index is 0.346. The molecule has 2 aromatic heterocycles. The topological polar surface area (TPSA) is 84.9 Å². The third-order valence-corrected chi connectivity index (χ3v) is 4.90. The molecule has 0 radical (unpaired) electrons. The van der Waals surface area contributed by atoms with Crippen LogP contribution in [-0.2, 0) is 13.6 Å². The van der Waals surface area contributed by atoms with E-state index in [0.717, 1.165) is 38.2 Å². The molecule has 0 aliphatic carbocycles. The fourth-order valence-corrected chi connectivity index (χ4v) is 3.23. The monoisotopic (exact) mass is 353 g/mol. The number of nitrogens with one attached hydrogen (secondary N) is 1. The Kier molecular flexibility index (Phi) is 4.66. The van der Waals surface area contributed by atoms with Crippen LogP contribution in [0.25, 0.3) is 11.6 Å². The van der Waals surface area contributed by atoms with Gasteiger partial charge >= 0.3 is 6.01 Å². The van der Waals surface area contributed by atoms with Gasteiger partial charge in [-0.25, -0.2) is 0 Å². The summed E-state index contributed by atoms with van der Waals surface area (Å²) in [5.74, 6) is 0.402. The van der Waals surface area contributed by atoms with Gasteiger partial charge < -0.3 is 9.73 Å². The first-order chi connectivity index (χ1) is 12.7. The van der Waals surface area contributed by atoms with Crippen LogP contribution in [0.4, 0.5) is 6.01 Å². The maximum atomic E-state index is 5.73. The standard InChI is InChI=1S/C18H23N7O/c1-13-16(20-23-24(13)2)17-21-22-18(26-17)19-15-8-10-25(11-9-15)12-14-6-4-3-5-7-14/h3-7,15H,8-12H2,1-2H3,(H,19,22). The van der Waals surface area contributed by atoms with Crippen molar-refractivity contribution in [2.45, 2.75) is 32.4 Å². The second-order valence-corrected chi connectivity index (χ2v) is 6.74. The lowest BCUT2D eigenvalue weighted by atomic mass is 10.0. The number of hydrogen-bond donors (Lipinski definition) is 1. The zero-order chi connectivity index (χ0) is 17.9. The van der Waals surface area contributed by atoms with Crippen molar-refractivity contribution in [1.29, 1.82) is 0 Å². The first-order valence-electron chi connectivity index (χ1n) is 8.92. The normalized spacial score (nSPS) is 16.1. The molecule has 0 amide bonds. The van der Waals surface area contributed by atoms with E-state index in [4.69, 9.17) is 4.42 Å². The summed E-state index contributed by atoms with van der Waals surface area (Å²) in [5, 5.41) is 19.6. The van der Waals surface area contributed by atoms with Crippen molar-refractivity contribution >= 4 is 6.01 Å². The number of piperidine rings is 1. The summed E-state index contributed by atoms with van der Waals surface area (Å²) in [7, 11) is 1.84. The lowest BCUT2D eigenvalue weighted by Crippen LogP contribution is -2.38. The third-order valence-electron chi connectivity index (χ3n) is 4.90. The van der Waals surface area contributed by atoms with Crippen molar-refractivity contribution in [3.05, 3.63) is 41.6 Å². The van der Waals surface area contributed by atoms with Crippen LogP contribution in [0.5, 0.6) is 0 Å². The molecule has 8 heteroatoms. The first-order valence-corrected chi connectivity index (χ1v) is 8.92. The minimum Gasteiger partial charge on any atom is -0.402 e. The molecule has 0 unspecified atom stereocenters. The second-order valence-electron chi connectivity index (χ2n) is 6.74. The van der Waals surface area contributed by atoms with E-state index in [1.165, 1.54) is 5.56 Å². The van der Waals surface area contributed by atoms with E-state index in [-0.39, 0.29) is 0 Å². The van der Waals surface area contributed by atoms with Crippen LogP contribution in [0.15, 0.2) is 34.7 Å². The van der Waals surface area contributed by atoms with Gasteiger partial charge in [0.05, 0.1) is 5.69 Å². The van der Waals surface area contributed by atoms with Crippen molar-refractivity contribution < 1.29 is 4.42 Å². The summed E-state index contributed by atoms with van der Waals surface area (Å²) in [6, 6.07) is 11.4. The Morgan fingerprint density at radius 1 is 1.12 bits per heavy atom. The van der Waals surface area contributed by atoms with Crippen molar-refractivity contribution in [2.24, 2.45) is 7.05 Å².